The van der Waals surface area contributed by atoms with Gasteiger partial charge in [0.2, 0.25) is 11.8 Å². The van der Waals surface area contributed by atoms with Crippen molar-refractivity contribution in [3.05, 3.63) is 59.2 Å². The minimum absolute atomic E-state index is 0.219. The quantitative estimate of drug-likeness (QED) is 0.803. The highest BCUT2D eigenvalue weighted by atomic mass is 16.5. The van der Waals surface area contributed by atoms with Crippen LogP contribution in [-0.4, -0.2) is 35.8 Å². The van der Waals surface area contributed by atoms with Gasteiger partial charge in [-0.2, -0.15) is 0 Å². The number of fused-ring (bicyclic) bond motifs is 1. The van der Waals surface area contributed by atoms with E-state index in [0.717, 1.165) is 11.1 Å². The lowest BCUT2D eigenvalue weighted by Crippen LogP contribution is -2.52. The average molecular weight is 380 g/mol. The molecule has 2 aliphatic heterocycles. The Morgan fingerprint density at radius 3 is 2.64 bits per heavy atom. The number of methoxy groups -OCH3 is 1. The van der Waals surface area contributed by atoms with Crippen molar-refractivity contribution < 1.29 is 23.9 Å². The number of hydrogen-bond donors (Lipinski definition) is 1. The normalized spacial score (nSPS) is 18.7. The maximum absolute atomic E-state index is 13.0. The van der Waals surface area contributed by atoms with E-state index in [9.17, 15) is 14.4 Å². The highest BCUT2D eigenvalue weighted by Crippen LogP contribution is 2.37. The topological polar surface area (TPSA) is 84.9 Å². The molecule has 0 bridgehead atoms. The molecule has 1 fully saturated rings. The number of carbonyl (C=O) groups is 3. The summed E-state index contributed by atoms with van der Waals surface area (Å²) in [7, 11) is 1.53. The molecule has 0 aliphatic carbocycles. The Morgan fingerprint density at radius 1 is 1.14 bits per heavy atom. The average Bonchev–Trinajstić information content (AvgIpc) is 3.03. The molecule has 0 spiro atoms. The molecular weight excluding hydrogens is 360 g/mol. The molecule has 0 aromatic heterocycles. The fourth-order valence-corrected chi connectivity index (χ4v) is 3.58. The third-order valence-electron chi connectivity index (χ3n) is 5.06. The highest BCUT2D eigenvalue weighted by molar-refractivity contribution is 6.05. The summed E-state index contributed by atoms with van der Waals surface area (Å²) in [5, 5.41) is 2.31. The van der Waals surface area contributed by atoms with Gasteiger partial charge in [-0.15, -0.1) is 0 Å². The van der Waals surface area contributed by atoms with Crippen LogP contribution in [0.2, 0.25) is 0 Å². The summed E-state index contributed by atoms with van der Waals surface area (Å²) in [4.78, 5) is 38.1. The third kappa shape index (κ3) is 3.31. The molecule has 0 radical (unpaired) electrons. The van der Waals surface area contributed by atoms with Gasteiger partial charge in [-0.1, -0.05) is 30.3 Å². The molecule has 144 valence electrons. The fraction of sp³-hybridized carbons (Fsp3) is 0.286. The van der Waals surface area contributed by atoms with Crippen LogP contribution in [0.4, 0.5) is 0 Å². The predicted molar refractivity (Wildman–Crippen MR) is 99.8 cm³/mol. The first kappa shape index (κ1) is 18.0. The van der Waals surface area contributed by atoms with E-state index in [-0.39, 0.29) is 24.8 Å². The number of nitrogens with one attached hydrogen (secondary N) is 1. The van der Waals surface area contributed by atoms with Crippen molar-refractivity contribution in [1.82, 2.24) is 10.2 Å². The molecule has 2 heterocycles. The van der Waals surface area contributed by atoms with E-state index in [4.69, 9.17) is 9.47 Å². The summed E-state index contributed by atoms with van der Waals surface area (Å²) in [6.45, 7) is 0.613. The van der Waals surface area contributed by atoms with E-state index in [0.29, 0.717) is 30.1 Å². The molecule has 28 heavy (non-hydrogen) atoms. The molecule has 1 atom stereocenters. The molecular formula is C21H20N2O5. The van der Waals surface area contributed by atoms with Gasteiger partial charge in [0.1, 0.15) is 24.1 Å². The van der Waals surface area contributed by atoms with Crippen LogP contribution in [-0.2, 0) is 22.7 Å². The van der Waals surface area contributed by atoms with Crippen LogP contribution >= 0.6 is 0 Å². The monoisotopic (exact) mass is 380 g/mol. The van der Waals surface area contributed by atoms with Crippen LogP contribution in [0.1, 0.15) is 34.3 Å². The zero-order valence-corrected chi connectivity index (χ0v) is 15.4. The number of carbonyl (C=O) groups excluding carboxylic acids is 3. The number of amides is 3. The molecule has 2 aliphatic rings. The molecule has 7 nitrogen and oxygen atoms in total. The van der Waals surface area contributed by atoms with Crippen molar-refractivity contribution in [1.29, 1.82) is 0 Å². The van der Waals surface area contributed by atoms with Gasteiger partial charge in [-0.05, 0) is 18.1 Å². The third-order valence-corrected chi connectivity index (χ3v) is 5.06. The molecule has 3 amide bonds. The zero-order valence-electron chi connectivity index (χ0n) is 15.4. The Balaban J connectivity index is 1.61. The molecule has 1 unspecified atom stereocenters. The number of nitrogens with zero attached hydrogens (tertiary/aromatic N) is 1. The lowest BCUT2D eigenvalue weighted by atomic mass is 10.0. The molecule has 1 N–H and O–H groups in total. The van der Waals surface area contributed by atoms with Crippen LogP contribution in [0.5, 0.6) is 11.5 Å². The van der Waals surface area contributed by atoms with Crippen molar-refractivity contribution in [3.63, 3.8) is 0 Å². The Kier molecular flexibility index (Phi) is 4.73. The van der Waals surface area contributed by atoms with Crippen molar-refractivity contribution >= 4 is 17.7 Å². The number of piperidine rings is 1. The van der Waals surface area contributed by atoms with Crippen LogP contribution in [0.15, 0.2) is 42.5 Å². The lowest BCUT2D eigenvalue weighted by molar-refractivity contribution is -0.136. The Hall–Kier alpha value is -3.35. The second-order valence-electron chi connectivity index (χ2n) is 6.83. The SMILES string of the molecule is COc1cc(OCc2ccccc2)c2c(c1)C(=O)N(C1CCC(=O)NC1=O)C2. The van der Waals surface area contributed by atoms with E-state index >= 15 is 0 Å². The van der Waals surface area contributed by atoms with Gasteiger partial charge < -0.3 is 14.4 Å². The summed E-state index contributed by atoms with van der Waals surface area (Å²) in [6, 6.07) is 12.5. The number of ether oxygens (including phenoxy) is 2. The van der Waals surface area contributed by atoms with Crippen LogP contribution in [0.25, 0.3) is 0 Å². The van der Waals surface area contributed by atoms with Crippen molar-refractivity contribution in [2.24, 2.45) is 0 Å². The van der Waals surface area contributed by atoms with E-state index in [1.165, 1.54) is 12.0 Å². The van der Waals surface area contributed by atoms with Crippen molar-refractivity contribution in [3.8, 4) is 11.5 Å². The summed E-state index contributed by atoms with van der Waals surface area (Å²) >= 11 is 0. The molecule has 2 aromatic rings. The Bertz CT molecular complexity index is 941. The standard InChI is InChI=1S/C21H20N2O5/c1-27-14-9-15-16(18(10-14)28-12-13-5-3-2-4-6-13)11-23(21(15)26)17-7-8-19(24)22-20(17)25/h2-6,9-10,17H,7-8,11-12H2,1H3,(H,22,24,25). The van der Waals surface area contributed by atoms with Crippen LogP contribution < -0.4 is 14.8 Å². The van der Waals surface area contributed by atoms with Gasteiger partial charge >= 0.3 is 0 Å². The van der Waals surface area contributed by atoms with Crippen molar-refractivity contribution in [2.75, 3.05) is 7.11 Å². The second-order valence-corrected chi connectivity index (χ2v) is 6.83. The van der Waals surface area contributed by atoms with E-state index in [1.807, 2.05) is 30.3 Å². The first-order valence-electron chi connectivity index (χ1n) is 9.09. The molecule has 0 saturated carbocycles. The molecule has 7 heteroatoms. The summed E-state index contributed by atoms with van der Waals surface area (Å²) in [5.41, 5.74) is 2.20. The first-order valence-corrected chi connectivity index (χ1v) is 9.09. The minimum Gasteiger partial charge on any atom is -0.497 e. The van der Waals surface area contributed by atoms with Crippen LogP contribution in [0, 0.1) is 0 Å². The number of hydrogen-bond acceptors (Lipinski definition) is 5. The maximum atomic E-state index is 13.0. The Morgan fingerprint density at radius 2 is 1.93 bits per heavy atom. The van der Waals surface area contributed by atoms with Gasteiger partial charge in [-0.25, -0.2) is 0 Å². The van der Waals surface area contributed by atoms with Crippen molar-refractivity contribution in [2.45, 2.75) is 32.0 Å². The Labute approximate surface area is 162 Å². The van der Waals surface area contributed by atoms with Gasteiger partial charge in [0.25, 0.3) is 5.91 Å². The summed E-state index contributed by atoms with van der Waals surface area (Å²) in [5.74, 6) is 0.0738. The maximum Gasteiger partial charge on any atom is 0.255 e. The number of imide groups is 1. The lowest BCUT2D eigenvalue weighted by Gasteiger charge is -2.29. The minimum atomic E-state index is -0.662. The summed E-state index contributed by atoms with van der Waals surface area (Å²) in [6.07, 6.45) is 0.541. The van der Waals surface area contributed by atoms with E-state index in [2.05, 4.69) is 5.32 Å². The molecule has 2 aromatic carbocycles. The van der Waals surface area contributed by atoms with Gasteiger partial charge in [-0.3, -0.25) is 19.7 Å². The van der Waals surface area contributed by atoms with Gasteiger partial charge in [0.15, 0.2) is 0 Å². The van der Waals surface area contributed by atoms with Gasteiger partial charge in [0, 0.05) is 18.1 Å². The zero-order chi connectivity index (χ0) is 19.7. The van der Waals surface area contributed by atoms with E-state index < -0.39 is 11.9 Å². The van der Waals surface area contributed by atoms with E-state index in [1.54, 1.807) is 12.1 Å². The summed E-state index contributed by atoms with van der Waals surface area (Å²) < 4.78 is 11.3. The molecule has 1 saturated heterocycles. The number of rotatable bonds is 5. The number of benzene rings is 2. The largest absolute Gasteiger partial charge is 0.497 e. The predicted octanol–water partition coefficient (Wildman–Crippen LogP) is 2.04. The highest BCUT2D eigenvalue weighted by Gasteiger charge is 2.40. The smallest absolute Gasteiger partial charge is 0.255 e. The fourth-order valence-electron chi connectivity index (χ4n) is 3.58. The first-order chi connectivity index (χ1) is 13.6. The van der Waals surface area contributed by atoms with Crippen LogP contribution in [0.3, 0.4) is 0 Å². The molecule has 4 rings (SSSR count). The van der Waals surface area contributed by atoms with Gasteiger partial charge in [0.05, 0.1) is 19.2 Å². The second kappa shape index (κ2) is 7.34.